The van der Waals surface area contributed by atoms with Gasteiger partial charge in [-0.1, -0.05) is 24.3 Å². The van der Waals surface area contributed by atoms with Crippen LogP contribution in [0.3, 0.4) is 0 Å². The molecule has 142 valence electrons. The lowest BCUT2D eigenvalue weighted by atomic mass is 10.1. The molecule has 0 N–H and O–H groups in total. The molecule has 1 heterocycles. The zero-order chi connectivity index (χ0) is 19.1. The largest absolute Gasteiger partial charge is 0.491 e. The average Bonchev–Trinajstić information content (AvgIpc) is 2.71. The molecule has 0 saturated carbocycles. The van der Waals surface area contributed by atoms with E-state index in [0.29, 0.717) is 44.2 Å². The molecule has 27 heavy (non-hydrogen) atoms. The van der Waals surface area contributed by atoms with Gasteiger partial charge in [-0.2, -0.15) is 0 Å². The SMILES string of the molecule is CCOCCOc1cccc(C(=O)N2CCN(c3ccccc3)C(=O)C2)c1. The molecule has 1 aliphatic heterocycles. The number of ether oxygens (including phenoxy) is 2. The van der Waals surface area contributed by atoms with Crippen LogP contribution in [0.4, 0.5) is 5.69 Å². The van der Waals surface area contributed by atoms with Gasteiger partial charge in [-0.25, -0.2) is 0 Å². The summed E-state index contributed by atoms with van der Waals surface area (Å²) in [7, 11) is 0. The topological polar surface area (TPSA) is 59.1 Å². The number of amides is 2. The first-order valence-corrected chi connectivity index (χ1v) is 9.14. The van der Waals surface area contributed by atoms with Crippen LogP contribution in [-0.2, 0) is 9.53 Å². The Bertz CT molecular complexity index is 779. The molecule has 1 fully saturated rings. The minimum Gasteiger partial charge on any atom is -0.491 e. The van der Waals surface area contributed by atoms with Crippen LogP contribution in [0.1, 0.15) is 17.3 Å². The maximum Gasteiger partial charge on any atom is 0.254 e. The van der Waals surface area contributed by atoms with E-state index in [1.165, 1.54) is 0 Å². The summed E-state index contributed by atoms with van der Waals surface area (Å²) in [5.41, 5.74) is 1.38. The highest BCUT2D eigenvalue weighted by atomic mass is 16.5. The highest BCUT2D eigenvalue weighted by molar-refractivity contribution is 6.01. The summed E-state index contributed by atoms with van der Waals surface area (Å²) in [6.45, 7) is 4.56. The monoisotopic (exact) mass is 368 g/mol. The fourth-order valence-electron chi connectivity index (χ4n) is 2.99. The predicted octanol–water partition coefficient (Wildman–Crippen LogP) is 2.59. The van der Waals surface area contributed by atoms with E-state index >= 15 is 0 Å². The Morgan fingerprint density at radius 3 is 2.59 bits per heavy atom. The van der Waals surface area contributed by atoms with Crippen LogP contribution >= 0.6 is 0 Å². The van der Waals surface area contributed by atoms with Gasteiger partial charge in [0.05, 0.1) is 6.61 Å². The summed E-state index contributed by atoms with van der Waals surface area (Å²) in [5.74, 6) is 0.381. The van der Waals surface area contributed by atoms with Gasteiger partial charge < -0.3 is 19.3 Å². The fourth-order valence-corrected chi connectivity index (χ4v) is 2.99. The molecular formula is C21H24N2O4. The number of piperazine rings is 1. The van der Waals surface area contributed by atoms with Gasteiger partial charge >= 0.3 is 0 Å². The van der Waals surface area contributed by atoms with Crippen molar-refractivity contribution in [2.24, 2.45) is 0 Å². The maximum atomic E-state index is 12.8. The summed E-state index contributed by atoms with van der Waals surface area (Å²) >= 11 is 0. The van der Waals surface area contributed by atoms with Crippen LogP contribution in [-0.4, -0.2) is 56.2 Å². The molecule has 1 aliphatic rings. The molecule has 6 nitrogen and oxygen atoms in total. The quantitative estimate of drug-likeness (QED) is 0.705. The van der Waals surface area contributed by atoms with E-state index in [0.717, 1.165) is 5.69 Å². The summed E-state index contributed by atoms with van der Waals surface area (Å²) in [5, 5.41) is 0. The molecular weight excluding hydrogens is 344 g/mol. The molecule has 0 atom stereocenters. The third-order valence-corrected chi connectivity index (χ3v) is 4.36. The van der Waals surface area contributed by atoms with Crippen molar-refractivity contribution in [3.8, 4) is 5.75 Å². The lowest BCUT2D eigenvalue weighted by molar-refractivity contribution is -0.120. The second-order valence-corrected chi connectivity index (χ2v) is 6.18. The van der Waals surface area contributed by atoms with Gasteiger partial charge in [0.25, 0.3) is 5.91 Å². The van der Waals surface area contributed by atoms with Crippen molar-refractivity contribution in [3.05, 3.63) is 60.2 Å². The van der Waals surface area contributed by atoms with E-state index in [-0.39, 0.29) is 18.4 Å². The van der Waals surface area contributed by atoms with Crippen LogP contribution in [0.2, 0.25) is 0 Å². The van der Waals surface area contributed by atoms with Gasteiger partial charge in [0.2, 0.25) is 5.91 Å². The Balaban J connectivity index is 1.61. The fraction of sp³-hybridized carbons (Fsp3) is 0.333. The van der Waals surface area contributed by atoms with Gasteiger partial charge in [-0.05, 0) is 37.3 Å². The van der Waals surface area contributed by atoms with E-state index in [4.69, 9.17) is 9.47 Å². The Hall–Kier alpha value is -2.86. The van der Waals surface area contributed by atoms with Crippen molar-refractivity contribution < 1.29 is 19.1 Å². The van der Waals surface area contributed by atoms with Crippen LogP contribution in [0, 0.1) is 0 Å². The van der Waals surface area contributed by atoms with Crippen molar-refractivity contribution in [3.63, 3.8) is 0 Å². The second kappa shape index (κ2) is 9.19. The normalized spacial score (nSPS) is 14.3. The van der Waals surface area contributed by atoms with Crippen molar-refractivity contribution in [1.82, 2.24) is 4.90 Å². The number of rotatable bonds is 7. The van der Waals surface area contributed by atoms with Gasteiger partial charge in [-0.3, -0.25) is 9.59 Å². The Morgan fingerprint density at radius 2 is 1.85 bits per heavy atom. The Labute approximate surface area is 159 Å². The predicted molar refractivity (Wildman–Crippen MR) is 103 cm³/mol. The van der Waals surface area contributed by atoms with Crippen LogP contribution < -0.4 is 9.64 Å². The number of hydrogen-bond donors (Lipinski definition) is 0. The van der Waals surface area contributed by atoms with E-state index < -0.39 is 0 Å². The smallest absolute Gasteiger partial charge is 0.254 e. The van der Waals surface area contributed by atoms with Crippen molar-refractivity contribution in [2.45, 2.75) is 6.92 Å². The van der Waals surface area contributed by atoms with Gasteiger partial charge in [0.1, 0.15) is 18.9 Å². The molecule has 0 bridgehead atoms. The van der Waals surface area contributed by atoms with Crippen molar-refractivity contribution in [2.75, 3.05) is 44.4 Å². The summed E-state index contributed by atoms with van der Waals surface area (Å²) in [4.78, 5) is 28.6. The first kappa shape index (κ1) is 18.9. The van der Waals surface area contributed by atoms with Gasteiger partial charge in [0, 0.05) is 30.9 Å². The average molecular weight is 368 g/mol. The third kappa shape index (κ3) is 4.86. The molecule has 0 unspecified atom stereocenters. The standard InChI is InChI=1S/C21H24N2O4/c1-2-26-13-14-27-19-10-6-7-17(15-19)21(25)22-11-12-23(20(24)16-22)18-8-4-3-5-9-18/h3-10,15H,2,11-14,16H2,1H3. The van der Waals surface area contributed by atoms with E-state index in [1.807, 2.05) is 37.3 Å². The van der Waals surface area contributed by atoms with Crippen molar-refractivity contribution >= 4 is 17.5 Å². The number of benzene rings is 2. The number of para-hydroxylation sites is 1. The summed E-state index contributed by atoms with van der Waals surface area (Å²) in [6, 6.07) is 16.6. The van der Waals surface area contributed by atoms with E-state index in [1.54, 1.807) is 34.1 Å². The molecule has 0 spiro atoms. The minimum absolute atomic E-state index is 0.0726. The van der Waals surface area contributed by atoms with Crippen LogP contribution in [0.5, 0.6) is 5.75 Å². The Kier molecular flexibility index (Phi) is 6.44. The summed E-state index contributed by atoms with van der Waals surface area (Å²) in [6.07, 6.45) is 0. The third-order valence-electron chi connectivity index (χ3n) is 4.36. The first-order valence-electron chi connectivity index (χ1n) is 9.14. The first-order chi connectivity index (χ1) is 13.2. The molecule has 3 rings (SSSR count). The van der Waals surface area contributed by atoms with Crippen LogP contribution in [0.15, 0.2) is 54.6 Å². The van der Waals surface area contributed by atoms with E-state index in [9.17, 15) is 9.59 Å². The highest BCUT2D eigenvalue weighted by Gasteiger charge is 2.28. The number of hydrogen-bond acceptors (Lipinski definition) is 4. The molecule has 6 heteroatoms. The number of anilines is 1. The Morgan fingerprint density at radius 1 is 1.04 bits per heavy atom. The number of nitrogens with zero attached hydrogens (tertiary/aromatic N) is 2. The molecule has 2 aromatic rings. The molecule has 2 amide bonds. The van der Waals surface area contributed by atoms with Gasteiger partial charge in [0.15, 0.2) is 0 Å². The zero-order valence-corrected chi connectivity index (χ0v) is 15.5. The lowest BCUT2D eigenvalue weighted by Crippen LogP contribution is -2.52. The molecule has 1 saturated heterocycles. The minimum atomic E-state index is -0.161. The molecule has 2 aromatic carbocycles. The summed E-state index contributed by atoms with van der Waals surface area (Å²) < 4.78 is 10.9. The highest BCUT2D eigenvalue weighted by Crippen LogP contribution is 2.19. The molecule has 0 radical (unpaired) electrons. The molecule has 0 aromatic heterocycles. The second-order valence-electron chi connectivity index (χ2n) is 6.18. The van der Waals surface area contributed by atoms with Gasteiger partial charge in [-0.15, -0.1) is 0 Å². The van der Waals surface area contributed by atoms with Crippen LogP contribution in [0.25, 0.3) is 0 Å². The van der Waals surface area contributed by atoms with Crippen molar-refractivity contribution in [1.29, 1.82) is 0 Å². The molecule has 0 aliphatic carbocycles. The van der Waals surface area contributed by atoms with E-state index in [2.05, 4.69) is 0 Å². The zero-order valence-electron chi connectivity index (χ0n) is 15.5. The lowest BCUT2D eigenvalue weighted by Gasteiger charge is -2.34. The number of carbonyl (C=O) groups is 2. The maximum absolute atomic E-state index is 12.8. The number of carbonyl (C=O) groups excluding carboxylic acids is 2.